The van der Waals surface area contributed by atoms with Crippen LogP contribution in [0.2, 0.25) is 0 Å². The highest BCUT2D eigenvalue weighted by Gasteiger charge is 2.15. The SMILES string of the molecule is Cc1ccc2oc3c(cc(C#N)c(=N)n3-c3ccccc3)c(=O)c2c1. The number of nitrogens with one attached hydrogen (secondary N) is 1. The van der Waals surface area contributed by atoms with E-state index < -0.39 is 0 Å². The molecule has 4 aromatic rings. The first-order valence-electron chi connectivity index (χ1n) is 7.73. The van der Waals surface area contributed by atoms with Gasteiger partial charge in [-0.25, -0.2) is 0 Å². The lowest BCUT2D eigenvalue weighted by Gasteiger charge is -2.12. The van der Waals surface area contributed by atoms with E-state index in [2.05, 4.69) is 0 Å². The number of pyridine rings is 1. The highest BCUT2D eigenvalue weighted by molar-refractivity contribution is 5.89. The molecule has 2 aromatic carbocycles. The monoisotopic (exact) mass is 327 g/mol. The van der Waals surface area contributed by atoms with Crippen molar-refractivity contribution >= 4 is 22.1 Å². The average Bonchev–Trinajstić information content (AvgIpc) is 2.63. The van der Waals surface area contributed by atoms with Gasteiger partial charge in [0.1, 0.15) is 17.1 Å². The third-order valence-corrected chi connectivity index (χ3v) is 4.17. The third-order valence-electron chi connectivity index (χ3n) is 4.17. The quantitative estimate of drug-likeness (QED) is 0.544. The Labute approximate surface area is 142 Å². The minimum absolute atomic E-state index is 0.0178. The Bertz CT molecular complexity index is 1290. The molecule has 0 fully saturated rings. The molecule has 0 aliphatic heterocycles. The molecule has 0 saturated carbocycles. The van der Waals surface area contributed by atoms with Gasteiger partial charge >= 0.3 is 0 Å². The second-order valence-corrected chi connectivity index (χ2v) is 5.84. The number of nitrogens with zero attached hydrogens (tertiary/aromatic N) is 2. The van der Waals surface area contributed by atoms with Crippen molar-refractivity contribution in [2.75, 3.05) is 0 Å². The molecule has 4 rings (SSSR count). The number of rotatable bonds is 1. The van der Waals surface area contributed by atoms with Crippen molar-refractivity contribution in [3.8, 4) is 11.8 Å². The molecule has 2 aromatic heterocycles. The summed E-state index contributed by atoms with van der Waals surface area (Å²) in [7, 11) is 0. The Balaban J connectivity index is 2.28. The molecule has 5 nitrogen and oxygen atoms in total. The molecular weight excluding hydrogens is 314 g/mol. The van der Waals surface area contributed by atoms with Crippen LogP contribution in [0, 0.1) is 23.7 Å². The Kier molecular flexibility index (Phi) is 3.26. The second kappa shape index (κ2) is 5.46. The maximum absolute atomic E-state index is 13.0. The van der Waals surface area contributed by atoms with Gasteiger partial charge in [-0.3, -0.25) is 14.8 Å². The van der Waals surface area contributed by atoms with Crippen LogP contribution in [-0.2, 0) is 0 Å². The standard InChI is InChI=1S/C20H13N3O2/c1-12-7-8-17-15(9-12)18(24)16-10-13(11-21)19(22)23(20(16)25-17)14-5-3-2-4-6-14/h2-10,22H,1H3. The van der Waals surface area contributed by atoms with Gasteiger partial charge in [-0.15, -0.1) is 0 Å². The fourth-order valence-electron chi connectivity index (χ4n) is 2.95. The molecule has 0 spiro atoms. The Hall–Kier alpha value is -3.65. The molecule has 120 valence electrons. The first-order chi connectivity index (χ1) is 12.1. The molecule has 0 radical (unpaired) electrons. The van der Waals surface area contributed by atoms with Crippen LogP contribution in [0.5, 0.6) is 0 Å². The maximum Gasteiger partial charge on any atom is 0.217 e. The number of nitriles is 1. The largest absolute Gasteiger partial charge is 0.439 e. The Morgan fingerprint density at radius 2 is 1.84 bits per heavy atom. The normalized spacial score (nSPS) is 10.9. The van der Waals surface area contributed by atoms with Crippen LogP contribution in [0.3, 0.4) is 0 Å². The van der Waals surface area contributed by atoms with Crippen molar-refractivity contribution in [2.45, 2.75) is 6.92 Å². The molecule has 0 saturated heterocycles. The van der Waals surface area contributed by atoms with E-state index in [1.54, 1.807) is 24.3 Å². The van der Waals surface area contributed by atoms with Gasteiger partial charge in [-0.1, -0.05) is 29.8 Å². The summed E-state index contributed by atoms with van der Waals surface area (Å²) < 4.78 is 7.48. The molecular formula is C20H13N3O2. The topological polar surface area (TPSA) is 82.8 Å². The van der Waals surface area contributed by atoms with Gasteiger partial charge in [0, 0.05) is 0 Å². The van der Waals surface area contributed by atoms with Crippen molar-refractivity contribution in [2.24, 2.45) is 0 Å². The van der Waals surface area contributed by atoms with Gasteiger partial charge in [0.15, 0.2) is 0 Å². The van der Waals surface area contributed by atoms with Crippen molar-refractivity contribution < 1.29 is 4.42 Å². The van der Waals surface area contributed by atoms with Gasteiger partial charge in [0.05, 0.1) is 22.0 Å². The first kappa shape index (κ1) is 14.9. The van der Waals surface area contributed by atoms with Crippen LogP contribution >= 0.6 is 0 Å². The number of hydrogen-bond acceptors (Lipinski definition) is 4. The molecule has 5 heteroatoms. The summed E-state index contributed by atoms with van der Waals surface area (Å²) in [6.45, 7) is 1.90. The summed E-state index contributed by atoms with van der Waals surface area (Å²) in [6.07, 6.45) is 0. The van der Waals surface area contributed by atoms with Crippen molar-refractivity contribution in [1.29, 1.82) is 10.7 Å². The van der Waals surface area contributed by atoms with E-state index in [9.17, 15) is 10.1 Å². The van der Waals surface area contributed by atoms with Crippen LogP contribution in [-0.4, -0.2) is 4.57 Å². The first-order valence-corrected chi connectivity index (χ1v) is 7.73. The highest BCUT2D eigenvalue weighted by Crippen LogP contribution is 2.21. The molecule has 1 N–H and O–H groups in total. The van der Waals surface area contributed by atoms with Crippen LogP contribution < -0.4 is 10.9 Å². The number of benzene rings is 2. The minimum Gasteiger partial charge on any atom is -0.439 e. The smallest absolute Gasteiger partial charge is 0.217 e. The Morgan fingerprint density at radius 1 is 1.08 bits per heavy atom. The average molecular weight is 327 g/mol. The van der Waals surface area contributed by atoms with E-state index in [1.807, 2.05) is 37.3 Å². The van der Waals surface area contributed by atoms with Crippen LogP contribution in [0.25, 0.3) is 27.8 Å². The molecule has 0 aliphatic carbocycles. The van der Waals surface area contributed by atoms with Gasteiger partial charge in [0.25, 0.3) is 0 Å². The second-order valence-electron chi connectivity index (χ2n) is 5.84. The minimum atomic E-state index is -0.207. The summed E-state index contributed by atoms with van der Waals surface area (Å²) in [5, 5.41) is 18.5. The summed E-state index contributed by atoms with van der Waals surface area (Å²) in [4.78, 5) is 13.0. The van der Waals surface area contributed by atoms with E-state index in [0.717, 1.165) is 5.56 Å². The van der Waals surface area contributed by atoms with Crippen molar-refractivity contribution in [3.63, 3.8) is 0 Å². The maximum atomic E-state index is 13.0. The molecule has 25 heavy (non-hydrogen) atoms. The summed E-state index contributed by atoms with van der Waals surface area (Å²) >= 11 is 0. The molecule has 0 unspecified atom stereocenters. The van der Waals surface area contributed by atoms with Crippen LogP contribution in [0.1, 0.15) is 11.1 Å². The predicted octanol–water partition coefficient (Wildman–Crippen LogP) is 3.40. The lowest BCUT2D eigenvalue weighted by molar-refractivity contribution is 0.624. The zero-order valence-corrected chi connectivity index (χ0v) is 13.4. The summed E-state index contributed by atoms with van der Waals surface area (Å²) in [5.74, 6) is 0. The van der Waals surface area contributed by atoms with E-state index >= 15 is 0 Å². The van der Waals surface area contributed by atoms with Crippen LogP contribution in [0.15, 0.2) is 63.8 Å². The van der Waals surface area contributed by atoms with Crippen LogP contribution in [0.4, 0.5) is 0 Å². The van der Waals surface area contributed by atoms with Gasteiger partial charge in [-0.2, -0.15) is 5.26 Å². The fourth-order valence-corrected chi connectivity index (χ4v) is 2.95. The van der Waals surface area contributed by atoms with E-state index in [1.165, 1.54) is 10.6 Å². The summed E-state index contributed by atoms with van der Waals surface area (Å²) in [6, 6.07) is 17.9. The fraction of sp³-hybridized carbons (Fsp3) is 0.0500. The molecule has 2 heterocycles. The molecule has 0 bridgehead atoms. The zero-order chi connectivity index (χ0) is 17.6. The van der Waals surface area contributed by atoms with Gasteiger partial charge in [-0.05, 0) is 37.3 Å². The molecule has 0 atom stereocenters. The summed E-state index contributed by atoms with van der Waals surface area (Å²) in [5.41, 5.74) is 2.22. The van der Waals surface area contributed by atoms with E-state index in [0.29, 0.717) is 16.7 Å². The third kappa shape index (κ3) is 2.24. The van der Waals surface area contributed by atoms with E-state index in [-0.39, 0.29) is 27.6 Å². The number of fused-ring (bicyclic) bond motifs is 2. The highest BCUT2D eigenvalue weighted by atomic mass is 16.3. The number of aryl methyl sites for hydroxylation is 1. The van der Waals surface area contributed by atoms with E-state index in [4.69, 9.17) is 9.83 Å². The van der Waals surface area contributed by atoms with Crippen molar-refractivity contribution in [1.82, 2.24) is 4.57 Å². The molecule has 0 aliphatic rings. The molecule has 0 amide bonds. The number of aromatic nitrogens is 1. The number of para-hydroxylation sites is 1. The zero-order valence-electron chi connectivity index (χ0n) is 13.4. The lowest BCUT2D eigenvalue weighted by Crippen LogP contribution is -2.23. The van der Waals surface area contributed by atoms with Gasteiger partial charge < -0.3 is 4.42 Å². The predicted molar refractivity (Wildman–Crippen MR) is 94.6 cm³/mol. The van der Waals surface area contributed by atoms with Crippen molar-refractivity contribution in [3.05, 3.63) is 81.4 Å². The number of hydrogen-bond donors (Lipinski definition) is 1. The van der Waals surface area contributed by atoms with Gasteiger partial charge in [0.2, 0.25) is 11.1 Å². The Morgan fingerprint density at radius 3 is 2.56 bits per heavy atom. The lowest BCUT2D eigenvalue weighted by atomic mass is 10.1.